The van der Waals surface area contributed by atoms with Crippen LogP contribution in [0.2, 0.25) is 0 Å². The van der Waals surface area contributed by atoms with Crippen LogP contribution in [-0.4, -0.2) is 59.0 Å². The minimum atomic E-state index is -0.313. The van der Waals surface area contributed by atoms with Crippen LogP contribution in [0.25, 0.3) is 0 Å². The van der Waals surface area contributed by atoms with Gasteiger partial charge >= 0.3 is 12.1 Å². The van der Waals surface area contributed by atoms with Crippen molar-refractivity contribution in [3.63, 3.8) is 0 Å². The molecule has 0 unspecified atom stereocenters. The van der Waals surface area contributed by atoms with Crippen LogP contribution >= 0.6 is 0 Å². The topological polar surface area (TPSA) is 47.1 Å². The Bertz CT molecular complexity index is 1140. The van der Waals surface area contributed by atoms with E-state index in [9.17, 15) is 14.0 Å². The van der Waals surface area contributed by atoms with Crippen molar-refractivity contribution in [2.24, 2.45) is 0 Å². The van der Waals surface area contributed by atoms with Gasteiger partial charge in [-0.3, -0.25) is 4.90 Å². The molecule has 5 rings (SSSR count). The molecule has 0 aromatic heterocycles. The van der Waals surface area contributed by atoms with E-state index in [1.165, 1.54) is 6.07 Å². The quantitative estimate of drug-likeness (QED) is 0.505. The van der Waals surface area contributed by atoms with Gasteiger partial charge in [0.05, 0.1) is 23.5 Å². The van der Waals surface area contributed by atoms with Gasteiger partial charge in [-0.25, -0.2) is 14.0 Å². The monoisotopic (exact) mass is 472 g/mol. The highest BCUT2D eigenvalue weighted by Gasteiger charge is 2.45. The Morgan fingerprint density at radius 3 is 1.86 bits per heavy atom. The predicted octanol–water partition coefficient (Wildman–Crippen LogP) is 5.48. The first-order chi connectivity index (χ1) is 17.0. The number of anilines is 2. The summed E-state index contributed by atoms with van der Waals surface area (Å²) in [6.07, 6.45) is 1.70. The summed E-state index contributed by atoms with van der Waals surface area (Å²) in [6.45, 7) is 1.16. The zero-order valence-corrected chi connectivity index (χ0v) is 19.8. The molecule has 4 amide bonds. The van der Waals surface area contributed by atoms with Gasteiger partial charge in [0.2, 0.25) is 0 Å². The van der Waals surface area contributed by atoms with Crippen LogP contribution in [0, 0.1) is 5.82 Å². The highest BCUT2D eigenvalue weighted by atomic mass is 19.1. The molecule has 0 N–H and O–H groups in total. The lowest BCUT2D eigenvalue weighted by atomic mass is 10.1. The second-order valence-corrected chi connectivity index (χ2v) is 9.22. The van der Waals surface area contributed by atoms with Crippen LogP contribution < -0.4 is 4.90 Å². The largest absolute Gasteiger partial charge is 0.329 e. The predicted molar refractivity (Wildman–Crippen MR) is 134 cm³/mol. The summed E-state index contributed by atoms with van der Waals surface area (Å²) in [5.41, 5.74) is 2.10. The Kier molecular flexibility index (Phi) is 6.40. The third-order valence-electron chi connectivity index (χ3n) is 6.89. The van der Waals surface area contributed by atoms with Gasteiger partial charge in [0.25, 0.3) is 0 Å². The second kappa shape index (κ2) is 9.78. The number of piperazine rings is 1. The Morgan fingerprint density at radius 1 is 0.800 bits per heavy atom. The summed E-state index contributed by atoms with van der Waals surface area (Å²) < 4.78 is 14.1. The molecule has 2 heterocycles. The summed E-state index contributed by atoms with van der Waals surface area (Å²) in [5.74, 6) is -0.313. The maximum atomic E-state index is 14.1. The minimum absolute atomic E-state index is 0.0540. The van der Waals surface area contributed by atoms with Crippen molar-refractivity contribution in [1.29, 1.82) is 0 Å². The van der Waals surface area contributed by atoms with Gasteiger partial charge in [0, 0.05) is 32.2 Å². The molecule has 2 bridgehead atoms. The van der Waals surface area contributed by atoms with E-state index < -0.39 is 0 Å². The molecule has 3 aromatic carbocycles. The minimum Gasteiger partial charge on any atom is -0.323 e. The average molecular weight is 473 g/mol. The number of para-hydroxylation sites is 2. The van der Waals surface area contributed by atoms with Gasteiger partial charge in [-0.1, -0.05) is 54.6 Å². The number of nitrogens with zero attached hydrogens (tertiary/aromatic N) is 4. The van der Waals surface area contributed by atoms with Crippen molar-refractivity contribution < 1.29 is 14.0 Å². The first kappa shape index (κ1) is 22.9. The van der Waals surface area contributed by atoms with Crippen molar-refractivity contribution in [1.82, 2.24) is 14.7 Å². The van der Waals surface area contributed by atoms with Gasteiger partial charge in [-0.05, 0) is 43.2 Å². The third-order valence-corrected chi connectivity index (χ3v) is 6.89. The van der Waals surface area contributed by atoms with Crippen molar-refractivity contribution in [2.45, 2.75) is 31.5 Å². The standard InChI is InChI=1S/C28H29FN4O2/c1-30(18-21-10-8-9-15-26(21)29)27(34)33-24-16-17-25(33)20-31(19-24)28(35)32(22-11-4-2-5-12-22)23-13-6-3-7-14-23/h2-15,24-25H,16-20H2,1H3/t24-,25+. The summed E-state index contributed by atoms with van der Waals surface area (Å²) in [5, 5.41) is 0. The Hall–Kier alpha value is -3.87. The lowest BCUT2D eigenvalue weighted by molar-refractivity contribution is 0.0853. The normalized spacial score (nSPS) is 18.9. The number of urea groups is 2. The molecular formula is C28H29FN4O2. The van der Waals surface area contributed by atoms with Crippen LogP contribution in [0.5, 0.6) is 0 Å². The van der Waals surface area contributed by atoms with E-state index in [4.69, 9.17) is 0 Å². The molecule has 2 aliphatic rings. The number of hydrogen-bond donors (Lipinski definition) is 0. The molecule has 6 nitrogen and oxygen atoms in total. The molecule has 2 saturated heterocycles. The fourth-order valence-corrected chi connectivity index (χ4v) is 5.18. The van der Waals surface area contributed by atoms with Crippen LogP contribution in [-0.2, 0) is 6.54 Å². The lowest BCUT2D eigenvalue weighted by Gasteiger charge is -2.43. The van der Waals surface area contributed by atoms with E-state index in [1.54, 1.807) is 35.0 Å². The second-order valence-electron chi connectivity index (χ2n) is 9.22. The fraction of sp³-hybridized carbons (Fsp3) is 0.286. The molecule has 2 fully saturated rings. The van der Waals surface area contributed by atoms with Crippen molar-refractivity contribution >= 4 is 23.4 Å². The lowest BCUT2D eigenvalue weighted by Crippen LogP contribution is -2.60. The molecule has 0 saturated carbocycles. The Labute approximate surface area is 205 Å². The summed E-state index contributed by atoms with van der Waals surface area (Å²) in [6, 6.07) is 25.5. The Balaban J connectivity index is 1.32. The number of likely N-dealkylation sites (tertiary alicyclic amines) is 1. The number of halogens is 1. The maximum absolute atomic E-state index is 14.1. The first-order valence-electron chi connectivity index (χ1n) is 12.0. The zero-order chi connectivity index (χ0) is 24.4. The number of carbonyl (C=O) groups excluding carboxylic acids is 2. The SMILES string of the molecule is CN(Cc1ccccc1F)C(=O)N1[C@@H]2CC[C@H]1CN(C(=O)N(c1ccccc1)c1ccccc1)C2. The third kappa shape index (κ3) is 4.58. The first-order valence-corrected chi connectivity index (χ1v) is 12.0. The molecule has 180 valence electrons. The molecule has 0 aliphatic carbocycles. The van der Waals surface area contributed by atoms with Crippen molar-refractivity contribution in [3.05, 3.63) is 96.3 Å². The Morgan fingerprint density at radius 2 is 1.31 bits per heavy atom. The molecule has 0 radical (unpaired) electrons. The van der Waals surface area contributed by atoms with Crippen LogP contribution in [0.3, 0.4) is 0 Å². The van der Waals surface area contributed by atoms with E-state index in [0.29, 0.717) is 18.7 Å². The van der Waals surface area contributed by atoms with Crippen molar-refractivity contribution in [2.75, 3.05) is 25.0 Å². The zero-order valence-electron chi connectivity index (χ0n) is 19.8. The number of carbonyl (C=O) groups is 2. The van der Waals surface area contributed by atoms with E-state index >= 15 is 0 Å². The maximum Gasteiger partial charge on any atom is 0.329 e. The molecule has 3 aromatic rings. The van der Waals surface area contributed by atoms with E-state index in [0.717, 1.165) is 24.2 Å². The molecule has 7 heteroatoms. The molecule has 35 heavy (non-hydrogen) atoms. The summed E-state index contributed by atoms with van der Waals surface area (Å²) >= 11 is 0. The highest BCUT2D eigenvalue weighted by molar-refractivity contribution is 5.99. The van der Waals surface area contributed by atoms with E-state index in [2.05, 4.69) is 0 Å². The number of rotatable bonds is 4. The van der Waals surface area contributed by atoms with Gasteiger partial charge < -0.3 is 14.7 Å². The summed E-state index contributed by atoms with van der Waals surface area (Å²) in [7, 11) is 1.71. The van der Waals surface area contributed by atoms with Crippen LogP contribution in [0.15, 0.2) is 84.9 Å². The average Bonchev–Trinajstić information content (AvgIpc) is 3.15. The van der Waals surface area contributed by atoms with Gasteiger partial charge in [0.1, 0.15) is 5.82 Å². The molecule has 2 atom stereocenters. The number of amides is 4. The van der Waals surface area contributed by atoms with Gasteiger partial charge in [-0.15, -0.1) is 0 Å². The summed E-state index contributed by atoms with van der Waals surface area (Å²) in [4.78, 5) is 34.2. The van der Waals surface area contributed by atoms with E-state index in [1.807, 2.05) is 70.5 Å². The number of fused-ring (bicyclic) bond motifs is 2. The number of hydrogen-bond acceptors (Lipinski definition) is 2. The highest BCUT2D eigenvalue weighted by Crippen LogP contribution is 2.34. The van der Waals surface area contributed by atoms with E-state index in [-0.39, 0.29) is 36.5 Å². The fourth-order valence-electron chi connectivity index (χ4n) is 5.18. The molecular weight excluding hydrogens is 443 g/mol. The van der Waals surface area contributed by atoms with Crippen molar-refractivity contribution in [3.8, 4) is 0 Å². The molecule has 2 aliphatic heterocycles. The smallest absolute Gasteiger partial charge is 0.323 e. The molecule has 0 spiro atoms. The van der Waals surface area contributed by atoms with Crippen LogP contribution in [0.1, 0.15) is 18.4 Å². The van der Waals surface area contributed by atoms with Gasteiger partial charge in [-0.2, -0.15) is 0 Å². The number of benzene rings is 3. The van der Waals surface area contributed by atoms with Crippen LogP contribution in [0.4, 0.5) is 25.4 Å². The van der Waals surface area contributed by atoms with Gasteiger partial charge in [0.15, 0.2) is 0 Å².